The van der Waals surface area contributed by atoms with Gasteiger partial charge in [0.25, 0.3) is 0 Å². The van der Waals surface area contributed by atoms with Crippen molar-refractivity contribution in [3.05, 3.63) is 65.2 Å². The van der Waals surface area contributed by atoms with Crippen molar-refractivity contribution in [3.8, 4) is 11.4 Å². The highest BCUT2D eigenvalue weighted by Crippen LogP contribution is 2.37. The lowest BCUT2D eigenvalue weighted by atomic mass is 10.0. The lowest BCUT2D eigenvalue weighted by Crippen LogP contribution is -1.94. The molecule has 0 N–H and O–H groups in total. The van der Waals surface area contributed by atoms with Crippen molar-refractivity contribution < 1.29 is 4.42 Å². The van der Waals surface area contributed by atoms with Crippen molar-refractivity contribution in [2.24, 2.45) is 0 Å². The Morgan fingerprint density at radius 2 is 1.44 bits per heavy atom. The van der Waals surface area contributed by atoms with Gasteiger partial charge >= 0.3 is 0 Å². The maximum Gasteiger partial charge on any atom is 0.227 e. The minimum Gasteiger partial charge on any atom is -0.456 e. The molecule has 0 spiro atoms. The van der Waals surface area contributed by atoms with Crippen molar-refractivity contribution in [1.29, 1.82) is 0 Å². The fraction of sp³-hybridized carbons (Fsp3) is 0. The van der Waals surface area contributed by atoms with Crippen molar-refractivity contribution in [1.82, 2.24) is 15.0 Å². The molecule has 0 bridgehead atoms. The van der Waals surface area contributed by atoms with E-state index in [9.17, 15) is 0 Å². The Hall–Kier alpha value is -2.69. The van der Waals surface area contributed by atoms with Crippen LogP contribution in [0.2, 0.25) is 10.6 Å². The van der Waals surface area contributed by atoms with Gasteiger partial charge in [-0.05, 0) is 52.2 Å². The van der Waals surface area contributed by atoms with E-state index in [-0.39, 0.29) is 10.6 Å². The summed E-state index contributed by atoms with van der Waals surface area (Å²) < 4.78 is 6.05. The summed E-state index contributed by atoms with van der Waals surface area (Å²) in [6.45, 7) is 0. The van der Waals surface area contributed by atoms with E-state index in [0.29, 0.717) is 5.82 Å². The average Bonchev–Trinajstić information content (AvgIpc) is 2.96. The van der Waals surface area contributed by atoms with Crippen molar-refractivity contribution in [2.45, 2.75) is 0 Å². The second-order valence-corrected chi connectivity index (χ2v) is 6.35. The highest BCUT2D eigenvalue weighted by atomic mass is 35.5. The van der Waals surface area contributed by atoms with Gasteiger partial charge in [0.1, 0.15) is 11.2 Å². The van der Waals surface area contributed by atoms with E-state index in [1.54, 1.807) is 0 Å². The van der Waals surface area contributed by atoms with E-state index in [1.165, 1.54) is 0 Å². The summed E-state index contributed by atoms with van der Waals surface area (Å²) in [7, 11) is 0. The summed E-state index contributed by atoms with van der Waals surface area (Å²) >= 11 is 11.9. The molecule has 0 saturated heterocycles. The van der Waals surface area contributed by atoms with E-state index in [4.69, 9.17) is 27.6 Å². The first-order valence-electron chi connectivity index (χ1n) is 7.60. The predicted molar refractivity (Wildman–Crippen MR) is 100 cm³/mol. The van der Waals surface area contributed by atoms with Crippen LogP contribution in [0.5, 0.6) is 0 Å². The standard InChI is InChI=1S/C19H9Cl2N3O/c20-18-22-17(23-19(21)24-18)12-6-3-7-14-16(12)13-8-10-4-1-2-5-11(10)9-15(13)25-14/h1-9H. The van der Waals surface area contributed by atoms with Gasteiger partial charge < -0.3 is 4.42 Å². The topological polar surface area (TPSA) is 51.8 Å². The Balaban J connectivity index is 1.92. The number of fused-ring (bicyclic) bond motifs is 4. The molecule has 0 saturated carbocycles. The molecule has 5 rings (SSSR count). The maximum absolute atomic E-state index is 6.05. The van der Waals surface area contributed by atoms with Gasteiger partial charge in [-0.25, -0.2) is 0 Å². The monoisotopic (exact) mass is 365 g/mol. The largest absolute Gasteiger partial charge is 0.456 e. The van der Waals surface area contributed by atoms with Crippen molar-refractivity contribution >= 4 is 55.9 Å². The highest BCUT2D eigenvalue weighted by Gasteiger charge is 2.16. The first kappa shape index (κ1) is 14.6. The van der Waals surface area contributed by atoms with Crippen LogP contribution in [0.25, 0.3) is 44.1 Å². The third-order valence-corrected chi connectivity index (χ3v) is 4.52. The molecule has 6 heteroatoms. The van der Waals surface area contributed by atoms with E-state index >= 15 is 0 Å². The Morgan fingerprint density at radius 1 is 0.720 bits per heavy atom. The van der Waals surface area contributed by atoms with Crippen LogP contribution < -0.4 is 0 Å². The summed E-state index contributed by atoms with van der Waals surface area (Å²) in [5.41, 5.74) is 2.38. The third-order valence-electron chi connectivity index (χ3n) is 4.19. The van der Waals surface area contributed by atoms with E-state index < -0.39 is 0 Å². The van der Waals surface area contributed by atoms with Gasteiger partial charge in [0.15, 0.2) is 5.82 Å². The molecule has 0 aliphatic carbocycles. The predicted octanol–water partition coefficient (Wildman–Crippen LogP) is 5.90. The molecule has 0 amide bonds. The summed E-state index contributed by atoms with van der Waals surface area (Å²) in [5, 5.41) is 4.31. The zero-order chi connectivity index (χ0) is 17.0. The number of hydrogen-bond acceptors (Lipinski definition) is 4. The molecule has 3 aromatic carbocycles. The SMILES string of the molecule is Clc1nc(Cl)nc(-c2cccc3oc4cc5ccccc5cc4c23)n1. The number of nitrogens with zero attached hydrogens (tertiary/aromatic N) is 3. The van der Waals surface area contributed by atoms with Crippen LogP contribution in [0, 0.1) is 0 Å². The number of benzene rings is 3. The van der Waals surface area contributed by atoms with Gasteiger partial charge in [-0.15, -0.1) is 0 Å². The van der Waals surface area contributed by atoms with Crippen LogP contribution in [0.4, 0.5) is 0 Å². The number of hydrogen-bond donors (Lipinski definition) is 0. The number of aromatic nitrogens is 3. The Bertz CT molecular complexity index is 1260. The smallest absolute Gasteiger partial charge is 0.227 e. The zero-order valence-corrected chi connectivity index (χ0v) is 14.2. The van der Waals surface area contributed by atoms with Crippen LogP contribution >= 0.6 is 23.2 Å². The molecular formula is C19H9Cl2N3O. The van der Waals surface area contributed by atoms with Crippen LogP contribution in [-0.4, -0.2) is 15.0 Å². The zero-order valence-electron chi connectivity index (χ0n) is 12.7. The maximum atomic E-state index is 6.05. The Morgan fingerprint density at radius 3 is 2.20 bits per heavy atom. The highest BCUT2D eigenvalue weighted by molar-refractivity contribution is 6.31. The second-order valence-electron chi connectivity index (χ2n) is 5.67. The summed E-state index contributed by atoms with van der Waals surface area (Å²) in [4.78, 5) is 12.3. The fourth-order valence-corrected chi connectivity index (χ4v) is 3.51. The van der Waals surface area contributed by atoms with Crippen LogP contribution in [0.1, 0.15) is 0 Å². The van der Waals surface area contributed by atoms with Crippen molar-refractivity contribution in [2.75, 3.05) is 0 Å². The Labute approximate surface area is 152 Å². The van der Waals surface area contributed by atoms with Gasteiger partial charge in [-0.3, -0.25) is 0 Å². The number of halogens is 2. The van der Waals surface area contributed by atoms with E-state index in [2.05, 4.69) is 33.2 Å². The molecule has 5 aromatic rings. The van der Waals surface area contributed by atoms with Gasteiger partial charge in [0.2, 0.25) is 10.6 Å². The van der Waals surface area contributed by atoms with Gasteiger partial charge in [-0.2, -0.15) is 15.0 Å². The van der Waals surface area contributed by atoms with E-state index in [0.717, 1.165) is 38.3 Å². The lowest BCUT2D eigenvalue weighted by Gasteiger charge is -2.03. The molecule has 4 nitrogen and oxygen atoms in total. The molecule has 0 atom stereocenters. The van der Waals surface area contributed by atoms with Crippen LogP contribution in [0.3, 0.4) is 0 Å². The molecular weight excluding hydrogens is 357 g/mol. The minimum absolute atomic E-state index is 0.0604. The molecule has 0 radical (unpaired) electrons. The molecule has 120 valence electrons. The molecule has 2 heterocycles. The van der Waals surface area contributed by atoms with Gasteiger partial charge in [0.05, 0.1) is 0 Å². The fourth-order valence-electron chi connectivity index (χ4n) is 3.14. The first-order valence-corrected chi connectivity index (χ1v) is 8.36. The molecule has 25 heavy (non-hydrogen) atoms. The lowest BCUT2D eigenvalue weighted by molar-refractivity contribution is 0.669. The average molecular weight is 366 g/mol. The second kappa shape index (κ2) is 5.41. The Kier molecular flexibility index (Phi) is 3.17. The van der Waals surface area contributed by atoms with Crippen LogP contribution in [-0.2, 0) is 0 Å². The summed E-state index contributed by atoms with van der Waals surface area (Å²) in [5.74, 6) is 0.423. The third kappa shape index (κ3) is 2.34. The molecule has 0 aliphatic rings. The van der Waals surface area contributed by atoms with Gasteiger partial charge in [0, 0.05) is 16.3 Å². The quantitative estimate of drug-likeness (QED) is 0.371. The van der Waals surface area contributed by atoms with Gasteiger partial charge in [-0.1, -0.05) is 36.4 Å². The molecule has 0 aliphatic heterocycles. The molecule has 0 unspecified atom stereocenters. The minimum atomic E-state index is 0.0604. The number of furan rings is 1. The molecule has 0 fully saturated rings. The van der Waals surface area contributed by atoms with Crippen molar-refractivity contribution in [3.63, 3.8) is 0 Å². The number of rotatable bonds is 1. The summed E-state index contributed by atoms with van der Waals surface area (Å²) in [6, 6.07) is 18.1. The summed E-state index contributed by atoms with van der Waals surface area (Å²) in [6.07, 6.45) is 0. The van der Waals surface area contributed by atoms with Crippen LogP contribution in [0.15, 0.2) is 59.0 Å². The van der Waals surface area contributed by atoms with E-state index in [1.807, 2.05) is 36.4 Å². The molecule has 2 aromatic heterocycles. The first-order chi connectivity index (χ1) is 12.2. The normalized spacial score (nSPS) is 11.6.